The summed E-state index contributed by atoms with van der Waals surface area (Å²) < 4.78 is 20.7. The summed E-state index contributed by atoms with van der Waals surface area (Å²) in [6.45, 7) is 3.80. The molecule has 0 saturated carbocycles. The molecule has 1 aliphatic carbocycles. The third-order valence-corrected chi connectivity index (χ3v) is 4.86. The van der Waals surface area contributed by atoms with E-state index in [1.54, 1.807) is 42.6 Å². The van der Waals surface area contributed by atoms with Gasteiger partial charge in [0.2, 0.25) is 5.78 Å². The molecule has 7 heteroatoms. The first-order valence-electron chi connectivity index (χ1n) is 9.79. The average molecular weight is 417 g/mol. The van der Waals surface area contributed by atoms with Crippen LogP contribution in [0.25, 0.3) is 5.69 Å². The molecule has 0 atom stereocenters. The van der Waals surface area contributed by atoms with Crippen molar-refractivity contribution < 1.29 is 18.7 Å². The normalized spacial score (nSPS) is 13.3. The molecule has 0 unspecified atom stereocenters. The average Bonchev–Trinajstić information content (AvgIpc) is 3.23. The lowest BCUT2D eigenvalue weighted by Crippen LogP contribution is -2.23. The van der Waals surface area contributed by atoms with E-state index in [0.29, 0.717) is 34.5 Å². The lowest BCUT2D eigenvalue weighted by Gasteiger charge is -2.20. The molecule has 0 aliphatic heterocycles. The Morgan fingerprint density at radius 1 is 1.06 bits per heavy atom. The van der Waals surface area contributed by atoms with Gasteiger partial charge in [0.05, 0.1) is 17.5 Å². The van der Waals surface area contributed by atoms with Crippen LogP contribution in [0.4, 0.5) is 4.39 Å². The molecule has 0 spiro atoms. The molecular weight excluding hydrogens is 397 g/mol. The standard InChI is InChI=1S/C24H20FN3O3/c1-15(2)10-11-21-22(29)19-8-3-4-9-20(19)23(30)24(21)31-14-17-13-28(27-26-17)18-7-5-6-16(25)12-18/h3-10,12-13H,11,14H2,1-2H3. The van der Waals surface area contributed by atoms with E-state index >= 15 is 0 Å². The number of ketones is 2. The molecule has 0 fully saturated rings. The van der Waals surface area contributed by atoms with Gasteiger partial charge in [0.15, 0.2) is 11.5 Å². The smallest absolute Gasteiger partial charge is 0.228 e. The van der Waals surface area contributed by atoms with Crippen LogP contribution in [-0.2, 0) is 11.3 Å². The van der Waals surface area contributed by atoms with Crippen molar-refractivity contribution in [2.45, 2.75) is 26.9 Å². The molecular formula is C24H20FN3O3. The van der Waals surface area contributed by atoms with E-state index in [9.17, 15) is 14.0 Å². The number of nitrogens with zero attached hydrogens (tertiary/aromatic N) is 3. The second-order valence-electron chi connectivity index (χ2n) is 7.42. The molecule has 0 amide bonds. The molecule has 156 valence electrons. The molecule has 0 saturated heterocycles. The summed E-state index contributed by atoms with van der Waals surface area (Å²) in [4.78, 5) is 26.1. The summed E-state index contributed by atoms with van der Waals surface area (Å²) in [6.07, 6.45) is 3.78. The fourth-order valence-electron chi connectivity index (χ4n) is 3.30. The number of hydrogen-bond acceptors (Lipinski definition) is 5. The Labute approximate surface area is 178 Å². The quantitative estimate of drug-likeness (QED) is 0.548. The van der Waals surface area contributed by atoms with Gasteiger partial charge in [0, 0.05) is 11.1 Å². The highest BCUT2D eigenvalue weighted by atomic mass is 19.1. The Morgan fingerprint density at radius 3 is 2.52 bits per heavy atom. The zero-order valence-electron chi connectivity index (χ0n) is 17.1. The molecule has 4 rings (SSSR count). The highest BCUT2D eigenvalue weighted by molar-refractivity contribution is 6.26. The summed E-state index contributed by atoms with van der Waals surface area (Å²) in [6, 6.07) is 12.7. The number of allylic oxidation sites excluding steroid dienone is 4. The number of halogens is 1. The Morgan fingerprint density at radius 2 is 1.81 bits per heavy atom. The van der Waals surface area contributed by atoms with Crippen molar-refractivity contribution in [1.82, 2.24) is 15.0 Å². The second kappa shape index (κ2) is 8.47. The first kappa shape index (κ1) is 20.4. The van der Waals surface area contributed by atoms with Crippen molar-refractivity contribution >= 4 is 11.6 Å². The van der Waals surface area contributed by atoms with Gasteiger partial charge in [-0.05, 0) is 38.5 Å². The van der Waals surface area contributed by atoms with Crippen molar-refractivity contribution in [3.8, 4) is 5.69 Å². The third kappa shape index (κ3) is 4.21. The number of Topliss-reactive ketones (excluding diaryl/α,β-unsaturated/α-hetero) is 2. The molecule has 6 nitrogen and oxygen atoms in total. The summed E-state index contributed by atoms with van der Waals surface area (Å²) in [5.41, 5.74) is 3.02. The van der Waals surface area contributed by atoms with Crippen LogP contribution in [0.2, 0.25) is 0 Å². The SMILES string of the molecule is CC(C)=CCC1=C(OCc2cn(-c3cccc(F)c3)nn2)C(=O)c2ccccc2C1=O. The largest absolute Gasteiger partial charge is 0.483 e. The van der Waals surface area contributed by atoms with E-state index in [-0.39, 0.29) is 29.7 Å². The predicted molar refractivity (Wildman–Crippen MR) is 112 cm³/mol. The van der Waals surface area contributed by atoms with Crippen LogP contribution in [-0.4, -0.2) is 26.6 Å². The van der Waals surface area contributed by atoms with Gasteiger partial charge in [-0.3, -0.25) is 9.59 Å². The number of carbonyl (C=O) groups excluding carboxylic acids is 2. The fourth-order valence-corrected chi connectivity index (χ4v) is 3.30. The molecule has 1 heterocycles. The third-order valence-electron chi connectivity index (χ3n) is 4.86. The second-order valence-corrected chi connectivity index (χ2v) is 7.42. The van der Waals surface area contributed by atoms with Crippen LogP contribution in [0.3, 0.4) is 0 Å². The minimum Gasteiger partial charge on any atom is -0.483 e. The van der Waals surface area contributed by atoms with Crippen molar-refractivity contribution in [2.75, 3.05) is 0 Å². The van der Waals surface area contributed by atoms with Crippen molar-refractivity contribution in [1.29, 1.82) is 0 Å². The van der Waals surface area contributed by atoms with Gasteiger partial charge in [-0.25, -0.2) is 9.07 Å². The van der Waals surface area contributed by atoms with Crippen LogP contribution in [0, 0.1) is 5.82 Å². The maximum absolute atomic E-state index is 13.5. The molecule has 2 aromatic carbocycles. The summed E-state index contributed by atoms with van der Waals surface area (Å²) in [7, 11) is 0. The Hall–Kier alpha value is -3.87. The maximum Gasteiger partial charge on any atom is 0.228 e. The monoisotopic (exact) mass is 417 g/mol. The van der Waals surface area contributed by atoms with E-state index in [4.69, 9.17) is 4.74 Å². The van der Waals surface area contributed by atoms with E-state index in [1.165, 1.54) is 16.8 Å². The number of benzene rings is 2. The lowest BCUT2D eigenvalue weighted by atomic mass is 9.86. The molecule has 0 bridgehead atoms. The zero-order chi connectivity index (χ0) is 22.0. The fraction of sp³-hybridized carbons (Fsp3) is 0.167. The molecule has 3 aromatic rings. The summed E-state index contributed by atoms with van der Waals surface area (Å²) >= 11 is 0. The lowest BCUT2D eigenvalue weighted by molar-refractivity contribution is 0.0854. The minimum atomic E-state index is -0.384. The van der Waals surface area contributed by atoms with Crippen LogP contribution in [0.1, 0.15) is 46.7 Å². The van der Waals surface area contributed by atoms with Gasteiger partial charge in [-0.2, -0.15) is 0 Å². The zero-order valence-corrected chi connectivity index (χ0v) is 17.1. The minimum absolute atomic E-state index is 0.0292. The van der Waals surface area contributed by atoms with Gasteiger partial charge in [0.25, 0.3) is 0 Å². The maximum atomic E-state index is 13.5. The Bertz CT molecular complexity index is 1240. The number of hydrogen-bond donors (Lipinski definition) is 0. The van der Waals surface area contributed by atoms with E-state index in [1.807, 2.05) is 19.9 Å². The number of aromatic nitrogens is 3. The predicted octanol–water partition coefficient (Wildman–Crippen LogP) is 4.61. The summed E-state index contributed by atoms with van der Waals surface area (Å²) in [5.74, 6) is -0.901. The van der Waals surface area contributed by atoms with Crippen LogP contribution in [0.5, 0.6) is 0 Å². The van der Waals surface area contributed by atoms with Gasteiger partial charge < -0.3 is 4.74 Å². The molecule has 31 heavy (non-hydrogen) atoms. The van der Waals surface area contributed by atoms with Gasteiger partial charge in [-0.1, -0.05) is 47.2 Å². The topological polar surface area (TPSA) is 74.1 Å². The highest BCUT2D eigenvalue weighted by Gasteiger charge is 2.32. The number of rotatable bonds is 6. The first-order chi connectivity index (χ1) is 14.9. The summed E-state index contributed by atoms with van der Waals surface area (Å²) in [5, 5.41) is 8.01. The van der Waals surface area contributed by atoms with Gasteiger partial charge in [0.1, 0.15) is 18.1 Å². The number of fused-ring (bicyclic) bond motifs is 1. The molecule has 1 aromatic heterocycles. The van der Waals surface area contributed by atoms with Gasteiger partial charge >= 0.3 is 0 Å². The first-order valence-corrected chi connectivity index (χ1v) is 9.79. The van der Waals surface area contributed by atoms with Crippen molar-refractivity contribution in [3.63, 3.8) is 0 Å². The van der Waals surface area contributed by atoms with Gasteiger partial charge in [-0.15, -0.1) is 5.10 Å². The van der Waals surface area contributed by atoms with Crippen LogP contribution >= 0.6 is 0 Å². The van der Waals surface area contributed by atoms with Crippen molar-refractivity contribution in [3.05, 3.63) is 100 Å². The van der Waals surface area contributed by atoms with E-state index < -0.39 is 0 Å². The molecule has 1 aliphatic rings. The molecule has 0 N–H and O–H groups in total. The molecule has 0 radical (unpaired) electrons. The van der Waals surface area contributed by atoms with E-state index in [0.717, 1.165) is 5.57 Å². The number of ether oxygens (including phenoxy) is 1. The highest BCUT2D eigenvalue weighted by Crippen LogP contribution is 2.30. The van der Waals surface area contributed by atoms with Crippen LogP contribution in [0.15, 0.2) is 77.7 Å². The van der Waals surface area contributed by atoms with E-state index in [2.05, 4.69) is 10.3 Å². The van der Waals surface area contributed by atoms with Crippen LogP contribution < -0.4 is 0 Å². The Balaban J connectivity index is 1.62. The Kier molecular flexibility index (Phi) is 5.58. The van der Waals surface area contributed by atoms with Crippen molar-refractivity contribution in [2.24, 2.45) is 0 Å². The number of carbonyl (C=O) groups is 2.